The second-order valence-electron chi connectivity index (χ2n) is 8.02. The zero-order valence-electron chi connectivity index (χ0n) is 16.9. The zero-order chi connectivity index (χ0) is 19.1. The molecule has 0 saturated heterocycles. The van der Waals surface area contributed by atoms with Crippen LogP contribution in [0.15, 0.2) is 66.9 Å². The lowest BCUT2D eigenvalue weighted by Crippen LogP contribution is -2.09. The van der Waals surface area contributed by atoms with Gasteiger partial charge in [-0.05, 0) is 47.2 Å². The predicted molar refractivity (Wildman–Crippen MR) is 116 cm³/mol. The number of aryl methyl sites for hydroxylation is 1. The van der Waals surface area contributed by atoms with Crippen molar-refractivity contribution in [3.05, 3.63) is 78.0 Å². The number of nitrogens with zero attached hydrogens (tertiary/aromatic N) is 2. The van der Waals surface area contributed by atoms with Gasteiger partial charge in [0.15, 0.2) is 0 Å². The van der Waals surface area contributed by atoms with Gasteiger partial charge in [0.25, 0.3) is 0 Å². The SMILES string of the molecule is CC(C)c1cccc(C(C)C)c1-n1c(-c2cccn2C)cc2ccccc21. The van der Waals surface area contributed by atoms with Gasteiger partial charge in [0.05, 0.1) is 22.6 Å². The fraction of sp³-hybridized carbons (Fsp3) is 0.280. The van der Waals surface area contributed by atoms with Crippen molar-refractivity contribution < 1.29 is 0 Å². The lowest BCUT2D eigenvalue weighted by molar-refractivity contribution is 0.810. The van der Waals surface area contributed by atoms with E-state index in [0.717, 1.165) is 0 Å². The Hall–Kier alpha value is -2.74. The summed E-state index contributed by atoms with van der Waals surface area (Å²) in [5.41, 5.74) is 7.90. The first-order valence-corrected chi connectivity index (χ1v) is 9.84. The summed E-state index contributed by atoms with van der Waals surface area (Å²) < 4.78 is 4.69. The molecule has 2 aromatic heterocycles. The van der Waals surface area contributed by atoms with Gasteiger partial charge in [0.1, 0.15) is 0 Å². The van der Waals surface area contributed by atoms with E-state index in [4.69, 9.17) is 0 Å². The Balaban J connectivity index is 2.16. The molecule has 0 unspecified atom stereocenters. The number of para-hydroxylation sites is 2. The molecule has 0 amide bonds. The second-order valence-corrected chi connectivity index (χ2v) is 8.02. The molecule has 0 radical (unpaired) electrons. The molecule has 2 heteroatoms. The van der Waals surface area contributed by atoms with Crippen molar-refractivity contribution in [3.63, 3.8) is 0 Å². The molecule has 2 nitrogen and oxygen atoms in total. The van der Waals surface area contributed by atoms with Crippen molar-refractivity contribution in [3.8, 4) is 17.1 Å². The largest absolute Gasteiger partial charge is 0.349 e. The quantitative estimate of drug-likeness (QED) is 0.377. The van der Waals surface area contributed by atoms with E-state index in [-0.39, 0.29) is 0 Å². The van der Waals surface area contributed by atoms with Gasteiger partial charge in [-0.3, -0.25) is 0 Å². The van der Waals surface area contributed by atoms with Gasteiger partial charge < -0.3 is 9.13 Å². The minimum Gasteiger partial charge on any atom is -0.349 e. The number of fused-ring (bicyclic) bond motifs is 1. The highest BCUT2D eigenvalue weighted by Crippen LogP contribution is 2.38. The molecule has 0 aliphatic rings. The maximum Gasteiger partial charge on any atom is 0.0705 e. The average molecular weight is 357 g/mol. The first-order chi connectivity index (χ1) is 13.0. The molecule has 4 aromatic rings. The van der Waals surface area contributed by atoms with E-state index in [9.17, 15) is 0 Å². The van der Waals surface area contributed by atoms with Crippen LogP contribution >= 0.6 is 0 Å². The van der Waals surface area contributed by atoms with Gasteiger partial charge in [-0.25, -0.2) is 0 Å². The summed E-state index contributed by atoms with van der Waals surface area (Å²) in [4.78, 5) is 0. The van der Waals surface area contributed by atoms with Crippen LogP contribution in [0, 0.1) is 0 Å². The second kappa shape index (κ2) is 6.77. The van der Waals surface area contributed by atoms with E-state index < -0.39 is 0 Å². The summed E-state index contributed by atoms with van der Waals surface area (Å²) in [6, 6.07) is 22.2. The van der Waals surface area contributed by atoms with E-state index in [1.807, 2.05) is 0 Å². The van der Waals surface area contributed by atoms with Gasteiger partial charge in [0.2, 0.25) is 0 Å². The molecule has 0 spiro atoms. The third kappa shape index (κ3) is 2.90. The van der Waals surface area contributed by atoms with Crippen LogP contribution in [0.4, 0.5) is 0 Å². The summed E-state index contributed by atoms with van der Waals surface area (Å²) in [6.07, 6.45) is 2.12. The Morgan fingerprint density at radius 1 is 0.704 bits per heavy atom. The van der Waals surface area contributed by atoms with Crippen LogP contribution in [0.1, 0.15) is 50.7 Å². The molecule has 27 heavy (non-hydrogen) atoms. The Kier molecular flexibility index (Phi) is 4.43. The van der Waals surface area contributed by atoms with Gasteiger partial charge in [-0.2, -0.15) is 0 Å². The topological polar surface area (TPSA) is 9.86 Å². The Bertz CT molecular complexity index is 1070. The van der Waals surface area contributed by atoms with E-state index in [2.05, 4.69) is 111 Å². The smallest absolute Gasteiger partial charge is 0.0705 e. The van der Waals surface area contributed by atoms with Crippen LogP contribution in [-0.2, 0) is 7.05 Å². The molecule has 2 aromatic carbocycles. The molecule has 0 atom stereocenters. The lowest BCUT2D eigenvalue weighted by Gasteiger charge is -2.23. The molecule has 0 saturated carbocycles. The molecule has 0 bridgehead atoms. The Morgan fingerprint density at radius 2 is 1.37 bits per heavy atom. The summed E-state index contributed by atoms with van der Waals surface area (Å²) in [6.45, 7) is 9.15. The van der Waals surface area contributed by atoms with Crippen molar-refractivity contribution in [2.75, 3.05) is 0 Å². The Morgan fingerprint density at radius 3 is 1.96 bits per heavy atom. The monoisotopic (exact) mass is 356 g/mol. The molecule has 0 fully saturated rings. The highest BCUT2D eigenvalue weighted by Gasteiger charge is 2.21. The fourth-order valence-corrected chi connectivity index (χ4v) is 4.08. The molecule has 138 valence electrons. The summed E-state index contributed by atoms with van der Waals surface area (Å²) in [5, 5.41) is 1.28. The van der Waals surface area contributed by atoms with Crippen LogP contribution in [0.25, 0.3) is 28.0 Å². The van der Waals surface area contributed by atoms with Crippen LogP contribution in [-0.4, -0.2) is 9.13 Å². The highest BCUT2D eigenvalue weighted by molar-refractivity contribution is 5.89. The minimum absolute atomic E-state index is 0.459. The van der Waals surface area contributed by atoms with Crippen LogP contribution < -0.4 is 0 Å². The summed E-state index contributed by atoms with van der Waals surface area (Å²) in [7, 11) is 2.12. The van der Waals surface area contributed by atoms with E-state index in [1.54, 1.807) is 0 Å². The van der Waals surface area contributed by atoms with Crippen molar-refractivity contribution >= 4 is 10.9 Å². The lowest BCUT2D eigenvalue weighted by atomic mass is 9.92. The van der Waals surface area contributed by atoms with Crippen LogP contribution in [0.2, 0.25) is 0 Å². The Labute approximate surface area is 162 Å². The van der Waals surface area contributed by atoms with Crippen LogP contribution in [0.5, 0.6) is 0 Å². The van der Waals surface area contributed by atoms with Crippen LogP contribution in [0.3, 0.4) is 0 Å². The third-order valence-electron chi connectivity index (χ3n) is 5.48. The molecular weight excluding hydrogens is 328 g/mol. The molecule has 0 aliphatic heterocycles. The van der Waals surface area contributed by atoms with Crippen molar-refractivity contribution in [2.24, 2.45) is 7.05 Å². The zero-order valence-corrected chi connectivity index (χ0v) is 16.9. The molecule has 0 N–H and O–H groups in total. The van der Waals surface area contributed by atoms with E-state index in [0.29, 0.717) is 11.8 Å². The van der Waals surface area contributed by atoms with Gasteiger partial charge in [-0.1, -0.05) is 64.1 Å². The first-order valence-electron chi connectivity index (χ1n) is 9.84. The summed E-state index contributed by atoms with van der Waals surface area (Å²) in [5.74, 6) is 0.919. The molecule has 4 rings (SSSR count). The van der Waals surface area contributed by atoms with Crippen molar-refractivity contribution in [2.45, 2.75) is 39.5 Å². The van der Waals surface area contributed by atoms with E-state index >= 15 is 0 Å². The first kappa shape index (κ1) is 17.7. The number of aromatic nitrogens is 2. The number of rotatable bonds is 4. The maximum absolute atomic E-state index is 2.48. The fourth-order valence-electron chi connectivity index (χ4n) is 4.08. The molecule has 2 heterocycles. The predicted octanol–water partition coefficient (Wildman–Crippen LogP) is 6.88. The van der Waals surface area contributed by atoms with Crippen molar-refractivity contribution in [1.29, 1.82) is 0 Å². The number of hydrogen-bond acceptors (Lipinski definition) is 0. The third-order valence-corrected chi connectivity index (χ3v) is 5.48. The van der Waals surface area contributed by atoms with Gasteiger partial charge in [-0.15, -0.1) is 0 Å². The normalized spacial score (nSPS) is 11.8. The van der Waals surface area contributed by atoms with Crippen molar-refractivity contribution in [1.82, 2.24) is 9.13 Å². The van der Waals surface area contributed by atoms with Gasteiger partial charge in [0, 0.05) is 18.6 Å². The highest BCUT2D eigenvalue weighted by atomic mass is 15.0. The maximum atomic E-state index is 2.48. The number of benzene rings is 2. The molecular formula is C25H28N2. The number of hydrogen-bond donors (Lipinski definition) is 0. The minimum atomic E-state index is 0.459. The van der Waals surface area contributed by atoms with E-state index in [1.165, 1.54) is 39.1 Å². The average Bonchev–Trinajstić information content (AvgIpc) is 3.23. The summed E-state index contributed by atoms with van der Waals surface area (Å²) >= 11 is 0. The standard InChI is InChI=1S/C25H28N2/c1-17(2)20-11-8-12-21(18(3)4)25(20)27-22-13-7-6-10-19(22)16-24(27)23-14-9-15-26(23)5/h6-18H,1-5H3. The van der Waals surface area contributed by atoms with Gasteiger partial charge >= 0.3 is 0 Å². The molecule has 0 aliphatic carbocycles.